The van der Waals surface area contributed by atoms with E-state index in [2.05, 4.69) is 34.6 Å². The highest BCUT2D eigenvalue weighted by Crippen LogP contribution is 2.33. The van der Waals surface area contributed by atoms with Gasteiger partial charge in [0.2, 0.25) is 0 Å². The molecule has 5 rings (SSSR count). The second-order valence-corrected chi connectivity index (χ2v) is 8.36. The van der Waals surface area contributed by atoms with Gasteiger partial charge in [-0.3, -0.25) is 4.99 Å². The van der Waals surface area contributed by atoms with Gasteiger partial charge in [-0.2, -0.15) is 0 Å². The van der Waals surface area contributed by atoms with Gasteiger partial charge < -0.3 is 15.8 Å². The monoisotopic (exact) mass is 441 g/mol. The fraction of sp³-hybridized carbons (Fsp3) is 0.160. The van der Waals surface area contributed by atoms with Crippen LogP contribution >= 0.6 is 11.3 Å². The van der Waals surface area contributed by atoms with Crippen molar-refractivity contribution in [1.29, 1.82) is 0 Å². The van der Waals surface area contributed by atoms with Crippen LogP contribution in [0.25, 0.3) is 27.6 Å². The molecule has 0 unspecified atom stereocenters. The molecule has 2 aromatic carbocycles. The Kier molecular flexibility index (Phi) is 5.66. The number of nitrogens with two attached hydrogens (primary N) is 1. The maximum absolute atomic E-state index is 5.93. The molecular formula is C25H23N5OS. The highest BCUT2D eigenvalue weighted by Gasteiger charge is 2.15. The number of fused-ring (bicyclic) bond motifs is 1. The lowest BCUT2D eigenvalue weighted by Gasteiger charge is -2.14. The maximum Gasteiger partial charge on any atom is 0.163 e. The third-order valence-corrected chi connectivity index (χ3v) is 6.28. The summed E-state index contributed by atoms with van der Waals surface area (Å²) in [6.07, 6.45) is 4.89. The van der Waals surface area contributed by atoms with Crippen LogP contribution in [0.2, 0.25) is 0 Å². The number of aliphatic imine (C=N–C) groups is 1. The van der Waals surface area contributed by atoms with E-state index in [1.807, 2.05) is 41.9 Å². The number of anilines is 2. The van der Waals surface area contributed by atoms with Crippen molar-refractivity contribution < 1.29 is 4.74 Å². The molecule has 0 saturated carbocycles. The lowest BCUT2D eigenvalue weighted by Crippen LogP contribution is -2.05. The second-order valence-electron chi connectivity index (χ2n) is 7.45. The standard InChI is InChI=1S/C25H23N5OS/c1-31-20-6-2-4-16(12-20)17-7-8-22-21(13-17)24(30-25-18(14-26)9-11-32-25)29-23(28-22)19-5-3-10-27-15-19/h2,4-9,11-13,15H,3,10,14,26H2,1H3,(H,28,29,30). The molecule has 3 heterocycles. The zero-order chi connectivity index (χ0) is 21.9. The Morgan fingerprint density at radius 3 is 2.81 bits per heavy atom. The summed E-state index contributed by atoms with van der Waals surface area (Å²) in [4.78, 5) is 14.1. The largest absolute Gasteiger partial charge is 0.497 e. The van der Waals surface area contributed by atoms with Gasteiger partial charge in [0.05, 0.1) is 17.6 Å². The molecule has 1 aliphatic rings. The third kappa shape index (κ3) is 4.00. The Balaban J connectivity index is 1.66. The Morgan fingerprint density at radius 1 is 1.09 bits per heavy atom. The average Bonchev–Trinajstić information content (AvgIpc) is 3.31. The first kappa shape index (κ1) is 20.4. The number of hydrogen-bond acceptors (Lipinski definition) is 7. The molecule has 2 aromatic heterocycles. The molecule has 0 bridgehead atoms. The lowest BCUT2D eigenvalue weighted by molar-refractivity contribution is 0.415. The fourth-order valence-electron chi connectivity index (χ4n) is 3.71. The van der Waals surface area contributed by atoms with E-state index in [9.17, 15) is 0 Å². The number of ether oxygens (including phenoxy) is 1. The van der Waals surface area contributed by atoms with E-state index in [0.717, 1.165) is 62.7 Å². The van der Waals surface area contributed by atoms with Crippen molar-refractivity contribution in [3.05, 3.63) is 71.4 Å². The van der Waals surface area contributed by atoms with Crippen molar-refractivity contribution in [3.63, 3.8) is 0 Å². The molecule has 0 fully saturated rings. The number of rotatable bonds is 6. The number of nitrogens with zero attached hydrogens (tertiary/aromatic N) is 3. The van der Waals surface area contributed by atoms with Gasteiger partial charge in [-0.1, -0.05) is 24.3 Å². The van der Waals surface area contributed by atoms with Gasteiger partial charge in [-0.05, 0) is 53.3 Å². The zero-order valence-electron chi connectivity index (χ0n) is 17.7. The summed E-state index contributed by atoms with van der Waals surface area (Å²) in [7, 11) is 1.68. The maximum atomic E-state index is 5.93. The van der Waals surface area contributed by atoms with Gasteiger partial charge >= 0.3 is 0 Å². The van der Waals surface area contributed by atoms with Crippen LogP contribution in [0.5, 0.6) is 5.75 Å². The van der Waals surface area contributed by atoms with Gasteiger partial charge in [0.15, 0.2) is 5.82 Å². The number of dihydropyridines is 1. The van der Waals surface area contributed by atoms with Crippen LogP contribution in [-0.2, 0) is 6.54 Å². The fourth-order valence-corrected chi connectivity index (χ4v) is 4.53. The van der Waals surface area contributed by atoms with Crippen LogP contribution in [0.3, 0.4) is 0 Å². The highest BCUT2D eigenvalue weighted by molar-refractivity contribution is 7.14. The van der Waals surface area contributed by atoms with E-state index in [-0.39, 0.29) is 0 Å². The molecule has 0 spiro atoms. The van der Waals surface area contributed by atoms with Crippen molar-refractivity contribution in [3.8, 4) is 16.9 Å². The van der Waals surface area contributed by atoms with Gasteiger partial charge in [0.25, 0.3) is 0 Å². The number of hydrogen-bond donors (Lipinski definition) is 2. The van der Waals surface area contributed by atoms with E-state index < -0.39 is 0 Å². The second kappa shape index (κ2) is 8.90. The number of benzene rings is 2. The topological polar surface area (TPSA) is 85.4 Å². The van der Waals surface area contributed by atoms with Gasteiger partial charge in [-0.15, -0.1) is 11.3 Å². The molecule has 32 heavy (non-hydrogen) atoms. The summed E-state index contributed by atoms with van der Waals surface area (Å²) < 4.78 is 5.40. The van der Waals surface area contributed by atoms with E-state index in [1.165, 1.54) is 0 Å². The summed E-state index contributed by atoms with van der Waals surface area (Å²) in [5, 5.41) is 7.49. The number of nitrogens with one attached hydrogen (secondary N) is 1. The van der Waals surface area contributed by atoms with Crippen LogP contribution in [0.4, 0.5) is 10.8 Å². The molecule has 0 atom stereocenters. The summed E-state index contributed by atoms with van der Waals surface area (Å²) in [6.45, 7) is 1.27. The summed E-state index contributed by atoms with van der Waals surface area (Å²) in [5.41, 5.74) is 11.0. The molecular weight excluding hydrogens is 418 g/mol. The molecule has 0 amide bonds. The SMILES string of the molecule is COc1cccc(-c2ccc3nc(C4=CCCN=C4)nc(Nc4sccc4CN)c3c2)c1. The van der Waals surface area contributed by atoms with Gasteiger partial charge in [0.1, 0.15) is 11.6 Å². The third-order valence-electron chi connectivity index (χ3n) is 5.41. The first-order chi connectivity index (χ1) is 15.7. The van der Waals surface area contributed by atoms with E-state index in [0.29, 0.717) is 12.4 Å². The van der Waals surface area contributed by atoms with Crippen molar-refractivity contribution in [2.45, 2.75) is 13.0 Å². The molecule has 3 N–H and O–H groups in total. The van der Waals surface area contributed by atoms with E-state index >= 15 is 0 Å². The molecule has 0 radical (unpaired) electrons. The van der Waals surface area contributed by atoms with Crippen LogP contribution in [0.1, 0.15) is 17.8 Å². The molecule has 4 aromatic rings. The van der Waals surface area contributed by atoms with E-state index in [4.69, 9.17) is 20.4 Å². The summed E-state index contributed by atoms with van der Waals surface area (Å²) in [5.74, 6) is 2.25. The number of aromatic nitrogens is 2. The molecule has 6 nitrogen and oxygen atoms in total. The van der Waals surface area contributed by atoms with Crippen LogP contribution < -0.4 is 15.8 Å². The quantitative estimate of drug-likeness (QED) is 0.417. The molecule has 0 aliphatic carbocycles. The normalized spacial score (nSPS) is 13.2. The first-order valence-corrected chi connectivity index (χ1v) is 11.3. The van der Waals surface area contributed by atoms with Crippen molar-refractivity contribution in [1.82, 2.24) is 9.97 Å². The Bertz CT molecular complexity index is 1340. The number of methoxy groups -OCH3 is 1. The summed E-state index contributed by atoms with van der Waals surface area (Å²) >= 11 is 1.62. The van der Waals surface area contributed by atoms with Crippen molar-refractivity contribution >= 4 is 44.8 Å². The Hall–Kier alpha value is -3.55. The predicted molar refractivity (Wildman–Crippen MR) is 133 cm³/mol. The first-order valence-electron chi connectivity index (χ1n) is 10.4. The highest BCUT2D eigenvalue weighted by atomic mass is 32.1. The Morgan fingerprint density at radius 2 is 2.00 bits per heavy atom. The van der Waals surface area contributed by atoms with Gasteiger partial charge in [-0.25, -0.2) is 9.97 Å². The summed E-state index contributed by atoms with van der Waals surface area (Å²) in [6, 6.07) is 16.3. The average molecular weight is 442 g/mol. The minimum Gasteiger partial charge on any atom is -0.497 e. The van der Waals surface area contributed by atoms with Crippen LogP contribution in [0, 0.1) is 0 Å². The smallest absolute Gasteiger partial charge is 0.163 e. The molecule has 0 saturated heterocycles. The zero-order valence-corrected chi connectivity index (χ0v) is 18.5. The molecule has 160 valence electrons. The number of thiophene rings is 1. The molecule has 7 heteroatoms. The predicted octanol–water partition coefficient (Wildman–Crippen LogP) is 5.43. The van der Waals surface area contributed by atoms with Crippen LogP contribution in [0.15, 0.2) is 65.0 Å². The van der Waals surface area contributed by atoms with Crippen molar-refractivity contribution in [2.24, 2.45) is 10.7 Å². The van der Waals surface area contributed by atoms with Crippen LogP contribution in [-0.4, -0.2) is 29.8 Å². The van der Waals surface area contributed by atoms with E-state index in [1.54, 1.807) is 18.4 Å². The van der Waals surface area contributed by atoms with Gasteiger partial charge in [0, 0.05) is 35.8 Å². The Labute approximate surface area is 190 Å². The lowest BCUT2D eigenvalue weighted by atomic mass is 10.0. The van der Waals surface area contributed by atoms with Crippen molar-refractivity contribution in [2.75, 3.05) is 19.0 Å². The number of allylic oxidation sites excluding steroid dienone is 1. The molecule has 1 aliphatic heterocycles. The minimum absolute atomic E-state index is 0.467. The minimum atomic E-state index is 0.467.